The Morgan fingerprint density at radius 1 is 1.33 bits per heavy atom. The van der Waals surface area contributed by atoms with Gasteiger partial charge in [0.05, 0.1) is 18.0 Å². The average Bonchev–Trinajstić information content (AvgIpc) is 3.01. The summed E-state index contributed by atoms with van der Waals surface area (Å²) in [6.07, 6.45) is 1.58. The number of hydrogen-bond acceptors (Lipinski definition) is 5. The van der Waals surface area contributed by atoms with Gasteiger partial charge in [0.2, 0.25) is 11.8 Å². The van der Waals surface area contributed by atoms with E-state index in [2.05, 4.69) is 15.5 Å². The zero-order chi connectivity index (χ0) is 20.2. The fourth-order valence-corrected chi connectivity index (χ4v) is 3.27. The zero-order valence-electron chi connectivity index (χ0n) is 16.1. The summed E-state index contributed by atoms with van der Waals surface area (Å²) >= 11 is 7.45. The third-order valence-electron chi connectivity index (χ3n) is 3.60. The summed E-state index contributed by atoms with van der Waals surface area (Å²) < 4.78 is 1.77. The molecule has 0 saturated heterocycles. The van der Waals surface area contributed by atoms with Gasteiger partial charge in [0.1, 0.15) is 6.33 Å². The smallest absolute Gasteiger partial charge is 0.240 e. The van der Waals surface area contributed by atoms with Crippen molar-refractivity contribution < 1.29 is 9.59 Å². The molecule has 0 spiro atoms. The lowest BCUT2D eigenvalue weighted by Crippen LogP contribution is -2.46. The monoisotopic (exact) mass is 409 g/mol. The van der Waals surface area contributed by atoms with Gasteiger partial charge in [-0.25, -0.2) is 0 Å². The number of aryl methyl sites for hydroxylation is 1. The number of benzene rings is 1. The van der Waals surface area contributed by atoms with Gasteiger partial charge in [-0.15, -0.1) is 10.2 Å². The van der Waals surface area contributed by atoms with E-state index in [0.29, 0.717) is 10.2 Å². The molecule has 0 aliphatic heterocycles. The van der Waals surface area contributed by atoms with Crippen molar-refractivity contribution in [3.63, 3.8) is 0 Å². The second-order valence-electron chi connectivity index (χ2n) is 7.25. The molecule has 1 heterocycles. The second kappa shape index (κ2) is 8.75. The van der Waals surface area contributed by atoms with Gasteiger partial charge < -0.3 is 10.2 Å². The highest BCUT2D eigenvalue weighted by Gasteiger charge is 2.19. The number of aromatic nitrogens is 3. The highest BCUT2D eigenvalue weighted by molar-refractivity contribution is 7.99. The van der Waals surface area contributed by atoms with Crippen LogP contribution in [0.2, 0.25) is 5.02 Å². The van der Waals surface area contributed by atoms with Gasteiger partial charge in [-0.05, 0) is 45.4 Å². The molecule has 7 nitrogen and oxygen atoms in total. The first-order chi connectivity index (χ1) is 12.6. The van der Waals surface area contributed by atoms with Gasteiger partial charge in [-0.2, -0.15) is 0 Å². The Morgan fingerprint density at radius 2 is 2.04 bits per heavy atom. The lowest BCUT2D eigenvalue weighted by Gasteiger charge is -2.23. The lowest BCUT2D eigenvalue weighted by atomic mass is 10.1. The molecule has 0 aliphatic rings. The van der Waals surface area contributed by atoms with Crippen molar-refractivity contribution in [2.75, 3.05) is 19.3 Å². The highest BCUT2D eigenvalue weighted by Crippen LogP contribution is 2.23. The van der Waals surface area contributed by atoms with E-state index in [4.69, 9.17) is 11.6 Å². The van der Waals surface area contributed by atoms with E-state index in [-0.39, 0.29) is 29.7 Å². The molecule has 146 valence electrons. The van der Waals surface area contributed by atoms with Crippen LogP contribution in [0.3, 0.4) is 0 Å². The lowest BCUT2D eigenvalue weighted by molar-refractivity contribution is -0.133. The van der Waals surface area contributed by atoms with Crippen molar-refractivity contribution >= 4 is 35.2 Å². The van der Waals surface area contributed by atoms with Gasteiger partial charge in [-0.1, -0.05) is 29.4 Å². The van der Waals surface area contributed by atoms with Crippen molar-refractivity contribution in [1.29, 1.82) is 0 Å². The highest BCUT2D eigenvalue weighted by atomic mass is 35.5. The zero-order valence-corrected chi connectivity index (χ0v) is 17.7. The number of likely N-dealkylation sites (N-methyl/N-ethyl adjacent to an activating group) is 1. The van der Waals surface area contributed by atoms with E-state index in [1.165, 1.54) is 16.7 Å². The SMILES string of the molecule is Cc1ccc(-n2cnnc2SCC(=O)N(C)CC(=O)NC(C)(C)C)cc1Cl. The molecule has 0 atom stereocenters. The second-order valence-corrected chi connectivity index (χ2v) is 8.60. The molecule has 0 saturated carbocycles. The minimum absolute atomic E-state index is 0.0108. The summed E-state index contributed by atoms with van der Waals surface area (Å²) in [6.45, 7) is 7.63. The summed E-state index contributed by atoms with van der Waals surface area (Å²) in [4.78, 5) is 25.7. The van der Waals surface area contributed by atoms with E-state index in [1.807, 2.05) is 45.9 Å². The maximum atomic E-state index is 12.3. The van der Waals surface area contributed by atoms with Crippen LogP contribution in [0.5, 0.6) is 0 Å². The van der Waals surface area contributed by atoms with Crippen LogP contribution in [0.4, 0.5) is 0 Å². The van der Waals surface area contributed by atoms with Crippen molar-refractivity contribution in [2.24, 2.45) is 0 Å². The van der Waals surface area contributed by atoms with E-state index < -0.39 is 0 Å². The van der Waals surface area contributed by atoms with Crippen LogP contribution in [-0.2, 0) is 9.59 Å². The van der Waals surface area contributed by atoms with Crippen molar-refractivity contribution in [3.05, 3.63) is 35.1 Å². The molecule has 1 aromatic heterocycles. The van der Waals surface area contributed by atoms with Crippen LogP contribution in [0.1, 0.15) is 26.3 Å². The molecular weight excluding hydrogens is 386 g/mol. The first kappa shape index (κ1) is 21.2. The molecule has 0 aliphatic carbocycles. The molecule has 2 amide bonds. The molecule has 0 bridgehead atoms. The number of thioether (sulfide) groups is 1. The van der Waals surface area contributed by atoms with Crippen molar-refractivity contribution in [3.8, 4) is 5.69 Å². The Balaban J connectivity index is 1.97. The van der Waals surface area contributed by atoms with Crippen LogP contribution in [-0.4, -0.2) is 56.4 Å². The minimum atomic E-state index is -0.332. The Hall–Kier alpha value is -2.06. The topological polar surface area (TPSA) is 80.1 Å². The van der Waals surface area contributed by atoms with Gasteiger partial charge in [0, 0.05) is 17.6 Å². The number of carbonyl (C=O) groups is 2. The molecule has 2 rings (SSSR count). The molecule has 0 fully saturated rings. The van der Waals surface area contributed by atoms with Crippen LogP contribution < -0.4 is 5.32 Å². The number of nitrogens with zero attached hydrogens (tertiary/aromatic N) is 4. The maximum Gasteiger partial charge on any atom is 0.240 e. The van der Waals surface area contributed by atoms with Crippen molar-refractivity contribution in [1.82, 2.24) is 25.0 Å². The standard InChI is InChI=1S/C18H24ClN5O2S/c1-12-6-7-13(8-14(12)19)24-11-20-22-17(24)27-10-16(26)23(5)9-15(25)21-18(2,3)4/h6-8,11H,9-10H2,1-5H3,(H,21,25). The number of rotatable bonds is 6. The normalized spacial score (nSPS) is 11.3. The Bertz CT molecular complexity index is 831. The Kier molecular flexibility index (Phi) is 6.89. The van der Waals surface area contributed by atoms with Gasteiger partial charge >= 0.3 is 0 Å². The Labute approximate surface area is 168 Å². The number of nitrogens with one attached hydrogen (secondary N) is 1. The summed E-state index contributed by atoms with van der Waals surface area (Å²) in [5, 5.41) is 12.1. The number of carbonyl (C=O) groups excluding carboxylic acids is 2. The minimum Gasteiger partial charge on any atom is -0.350 e. The van der Waals surface area contributed by atoms with E-state index >= 15 is 0 Å². The van der Waals surface area contributed by atoms with Gasteiger partial charge in [-0.3, -0.25) is 14.2 Å². The summed E-state index contributed by atoms with van der Waals surface area (Å²) in [6, 6.07) is 5.66. The third kappa shape index (κ3) is 6.25. The number of halogens is 1. The van der Waals surface area contributed by atoms with Gasteiger partial charge in [0.25, 0.3) is 0 Å². The first-order valence-electron chi connectivity index (χ1n) is 8.41. The van der Waals surface area contributed by atoms with E-state index in [1.54, 1.807) is 17.9 Å². The molecule has 2 aromatic rings. The summed E-state index contributed by atoms with van der Waals surface area (Å²) in [7, 11) is 1.61. The van der Waals surface area contributed by atoms with Crippen LogP contribution in [0.15, 0.2) is 29.7 Å². The number of amides is 2. The fraction of sp³-hybridized carbons (Fsp3) is 0.444. The van der Waals surface area contributed by atoms with Crippen LogP contribution in [0, 0.1) is 6.92 Å². The Morgan fingerprint density at radius 3 is 2.67 bits per heavy atom. The molecule has 9 heteroatoms. The van der Waals surface area contributed by atoms with E-state index in [0.717, 1.165) is 11.3 Å². The average molecular weight is 410 g/mol. The van der Waals surface area contributed by atoms with Crippen LogP contribution >= 0.6 is 23.4 Å². The molecule has 1 N–H and O–H groups in total. The molecule has 0 unspecified atom stereocenters. The maximum absolute atomic E-state index is 12.3. The first-order valence-corrected chi connectivity index (χ1v) is 9.77. The van der Waals surface area contributed by atoms with E-state index in [9.17, 15) is 9.59 Å². The molecule has 27 heavy (non-hydrogen) atoms. The molecular formula is C18H24ClN5O2S. The summed E-state index contributed by atoms with van der Waals surface area (Å²) in [5.74, 6) is -0.209. The molecule has 0 radical (unpaired) electrons. The van der Waals surface area contributed by atoms with Crippen LogP contribution in [0.25, 0.3) is 5.69 Å². The number of hydrogen-bond donors (Lipinski definition) is 1. The molecule has 1 aromatic carbocycles. The largest absolute Gasteiger partial charge is 0.350 e. The quantitative estimate of drug-likeness (QED) is 0.742. The fourth-order valence-electron chi connectivity index (χ4n) is 2.23. The summed E-state index contributed by atoms with van der Waals surface area (Å²) in [5.41, 5.74) is 1.47. The third-order valence-corrected chi connectivity index (χ3v) is 4.93. The predicted molar refractivity (Wildman–Crippen MR) is 107 cm³/mol. The predicted octanol–water partition coefficient (Wildman–Crippen LogP) is 2.69. The van der Waals surface area contributed by atoms with Crippen molar-refractivity contribution in [2.45, 2.75) is 38.4 Å². The van der Waals surface area contributed by atoms with Gasteiger partial charge in [0.15, 0.2) is 5.16 Å².